The van der Waals surface area contributed by atoms with E-state index in [0.29, 0.717) is 12.0 Å². The smallest absolute Gasteiger partial charge is 0.339 e. The van der Waals surface area contributed by atoms with Crippen molar-refractivity contribution in [3.8, 4) is 0 Å². The molecule has 3 aromatic carbocycles. The van der Waals surface area contributed by atoms with Gasteiger partial charge in [0.15, 0.2) is 6.10 Å². The Kier molecular flexibility index (Phi) is 6.68. The third-order valence-corrected chi connectivity index (χ3v) is 5.05. The van der Waals surface area contributed by atoms with E-state index in [-0.39, 0.29) is 5.91 Å². The van der Waals surface area contributed by atoms with Crippen LogP contribution in [0.25, 0.3) is 0 Å². The summed E-state index contributed by atoms with van der Waals surface area (Å²) in [5.74, 6) is -0.847. The lowest BCUT2D eigenvalue weighted by Crippen LogP contribution is -2.30. The molecule has 0 saturated carbocycles. The number of hydrogen-bond donors (Lipinski definition) is 1. The first kappa shape index (κ1) is 21.3. The highest BCUT2D eigenvalue weighted by molar-refractivity contribution is 5.98. The second-order valence-electron chi connectivity index (χ2n) is 7.63. The molecule has 0 saturated heterocycles. The van der Waals surface area contributed by atoms with E-state index in [9.17, 15) is 9.59 Å². The lowest BCUT2D eigenvalue weighted by Gasteiger charge is -2.17. The summed E-state index contributed by atoms with van der Waals surface area (Å²) in [6, 6.07) is 21.3. The van der Waals surface area contributed by atoms with Gasteiger partial charge in [-0.2, -0.15) is 0 Å². The van der Waals surface area contributed by atoms with Crippen LogP contribution in [0.1, 0.15) is 45.1 Å². The van der Waals surface area contributed by atoms with E-state index >= 15 is 0 Å². The summed E-state index contributed by atoms with van der Waals surface area (Å²) in [5.41, 5.74) is 6.31. The quantitative estimate of drug-likeness (QED) is 0.564. The van der Waals surface area contributed by atoms with E-state index in [0.717, 1.165) is 33.5 Å². The van der Waals surface area contributed by atoms with Crippen LogP contribution in [0.2, 0.25) is 0 Å². The van der Waals surface area contributed by atoms with Crippen LogP contribution in [0.4, 0.5) is 5.69 Å². The molecule has 0 fully saturated rings. The summed E-state index contributed by atoms with van der Waals surface area (Å²) >= 11 is 0. The van der Waals surface area contributed by atoms with Crippen LogP contribution in [0.5, 0.6) is 0 Å². The first-order valence-electron chi connectivity index (χ1n) is 10.1. The normalized spacial score (nSPS) is 11.6. The Morgan fingerprint density at radius 3 is 2.17 bits per heavy atom. The maximum absolute atomic E-state index is 12.8. The molecular formula is C26H27NO3. The molecule has 3 rings (SSSR count). The number of esters is 1. The summed E-state index contributed by atoms with van der Waals surface area (Å²) in [4.78, 5) is 25.5. The van der Waals surface area contributed by atoms with Gasteiger partial charge in [0, 0.05) is 5.69 Å². The molecule has 1 atom stereocenters. The van der Waals surface area contributed by atoms with Crippen LogP contribution in [0, 0.1) is 20.8 Å². The minimum absolute atomic E-state index is 0.348. The van der Waals surface area contributed by atoms with Gasteiger partial charge >= 0.3 is 5.97 Å². The summed E-state index contributed by atoms with van der Waals surface area (Å²) in [6.07, 6.45) is -0.295. The van der Waals surface area contributed by atoms with Gasteiger partial charge in [0.2, 0.25) is 0 Å². The molecule has 0 spiro atoms. The SMILES string of the molecule is Cc1cc(C)c(NC(=O)[C@H](C)OC(=O)c2ccccc2Cc2ccccc2)c(C)c1. The van der Waals surface area contributed by atoms with Crippen molar-refractivity contribution < 1.29 is 14.3 Å². The number of hydrogen-bond acceptors (Lipinski definition) is 3. The van der Waals surface area contributed by atoms with Gasteiger partial charge in [0.1, 0.15) is 0 Å². The van der Waals surface area contributed by atoms with E-state index in [2.05, 4.69) is 5.32 Å². The second kappa shape index (κ2) is 9.40. The van der Waals surface area contributed by atoms with Crippen molar-refractivity contribution in [3.63, 3.8) is 0 Å². The number of rotatable bonds is 6. The number of anilines is 1. The Morgan fingerprint density at radius 2 is 1.50 bits per heavy atom. The van der Waals surface area contributed by atoms with Crippen LogP contribution in [-0.4, -0.2) is 18.0 Å². The maximum atomic E-state index is 12.8. The Balaban J connectivity index is 1.71. The Labute approximate surface area is 177 Å². The molecular weight excluding hydrogens is 374 g/mol. The molecule has 0 aromatic heterocycles. The van der Waals surface area contributed by atoms with Gasteiger partial charge in [-0.1, -0.05) is 66.2 Å². The van der Waals surface area contributed by atoms with Gasteiger partial charge < -0.3 is 10.1 Å². The minimum Gasteiger partial charge on any atom is -0.449 e. The van der Waals surface area contributed by atoms with Crippen molar-refractivity contribution in [1.82, 2.24) is 0 Å². The zero-order chi connectivity index (χ0) is 21.7. The summed E-state index contributed by atoms with van der Waals surface area (Å²) < 4.78 is 5.50. The molecule has 0 aliphatic carbocycles. The molecule has 0 radical (unpaired) electrons. The number of aryl methyl sites for hydroxylation is 3. The molecule has 0 unspecified atom stereocenters. The fraction of sp³-hybridized carbons (Fsp3) is 0.231. The molecule has 0 heterocycles. The number of carbonyl (C=O) groups excluding carboxylic acids is 2. The van der Waals surface area contributed by atoms with Crippen LogP contribution < -0.4 is 5.32 Å². The van der Waals surface area contributed by atoms with Gasteiger partial charge in [-0.15, -0.1) is 0 Å². The Bertz CT molecular complexity index is 1030. The summed E-state index contributed by atoms with van der Waals surface area (Å²) in [6.45, 7) is 7.51. The van der Waals surface area contributed by atoms with Gasteiger partial charge in [-0.05, 0) is 62.4 Å². The maximum Gasteiger partial charge on any atom is 0.339 e. The first-order chi connectivity index (χ1) is 14.3. The van der Waals surface area contributed by atoms with Crippen molar-refractivity contribution in [3.05, 3.63) is 100 Å². The van der Waals surface area contributed by atoms with Crippen molar-refractivity contribution in [2.45, 2.75) is 40.2 Å². The molecule has 1 N–H and O–H groups in total. The molecule has 1 amide bonds. The van der Waals surface area contributed by atoms with Crippen molar-refractivity contribution >= 4 is 17.6 Å². The van der Waals surface area contributed by atoms with Crippen LogP contribution in [-0.2, 0) is 16.0 Å². The Morgan fingerprint density at radius 1 is 0.900 bits per heavy atom. The fourth-order valence-electron chi connectivity index (χ4n) is 3.57. The zero-order valence-corrected chi connectivity index (χ0v) is 17.9. The number of nitrogens with one attached hydrogen (secondary N) is 1. The molecule has 4 heteroatoms. The highest BCUT2D eigenvalue weighted by atomic mass is 16.5. The van der Waals surface area contributed by atoms with Gasteiger partial charge in [0.25, 0.3) is 5.91 Å². The average Bonchev–Trinajstić information content (AvgIpc) is 2.71. The zero-order valence-electron chi connectivity index (χ0n) is 17.9. The predicted molar refractivity (Wildman–Crippen MR) is 120 cm³/mol. The Hall–Kier alpha value is -3.40. The molecule has 154 valence electrons. The van der Waals surface area contributed by atoms with E-state index in [1.54, 1.807) is 19.1 Å². The van der Waals surface area contributed by atoms with Crippen molar-refractivity contribution in [1.29, 1.82) is 0 Å². The summed E-state index contributed by atoms with van der Waals surface area (Å²) in [7, 11) is 0. The molecule has 4 nitrogen and oxygen atoms in total. The first-order valence-corrected chi connectivity index (χ1v) is 10.1. The highest BCUT2D eigenvalue weighted by Crippen LogP contribution is 2.22. The standard InChI is InChI=1S/C26H27NO3/c1-17-14-18(2)24(19(3)15-17)27-25(28)20(4)30-26(29)23-13-9-8-12-22(23)16-21-10-6-5-7-11-21/h5-15,20H,16H2,1-4H3,(H,27,28)/t20-/m0/s1. The van der Waals surface area contributed by atoms with Crippen molar-refractivity contribution in [2.24, 2.45) is 0 Å². The van der Waals surface area contributed by atoms with Crippen LogP contribution in [0.15, 0.2) is 66.7 Å². The average molecular weight is 402 g/mol. The largest absolute Gasteiger partial charge is 0.449 e. The van der Waals surface area contributed by atoms with Gasteiger partial charge in [0.05, 0.1) is 5.56 Å². The van der Waals surface area contributed by atoms with Crippen LogP contribution in [0.3, 0.4) is 0 Å². The van der Waals surface area contributed by atoms with Crippen molar-refractivity contribution in [2.75, 3.05) is 5.32 Å². The van der Waals surface area contributed by atoms with E-state index in [1.165, 1.54) is 0 Å². The van der Waals surface area contributed by atoms with E-state index in [4.69, 9.17) is 4.74 Å². The van der Waals surface area contributed by atoms with Gasteiger partial charge in [-0.3, -0.25) is 4.79 Å². The van der Waals surface area contributed by atoms with E-state index in [1.807, 2.05) is 75.4 Å². The number of amides is 1. The van der Waals surface area contributed by atoms with E-state index < -0.39 is 12.1 Å². The third kappa shape index (κ3) is 5.15. The van der Waals surface area contributed by atoms with Crippen LogP contribution >= 0.6 is 0 Å². The lowest BCUT2D eigenvalue weighted by atomic mass is 10.00. The molecule has 0 aliphatic rings. The highest BCUT2D eigenvalue weighted by Gasteiger charge is 2.22. The molecule has 0 bridgehead atoms. The number of benzene rings is 3. The van der Waals surface area contributed by atoms with Gasteiger partial charge in [-0.25, -0.2) is 4.79 Å². The monoisotopic (exact) mass is 401 g/mol. The lowest BCUT2D eigenvalue weighted by molar-refractivity contribution is -0.123. The topological polar surface area (TPSA) is 55.4 Å². The third-order valence-electron chi connectivity index (χ3n) is 5.05. The minimum atomic E-state index is -0.914. The predicted octanol–water partition coefficient (Wildman–Crippen LogP) is 5.39. The molecule has 0 aliphatic heterocycles. The molecule has 3 aromatic rings. The fourth-order valence-corrected chi connectivity index (χ4v) is 3.57. The number of carbonyl (C=O) groups is 2. The number of ether oxygens (including phenoxy) is 1. The second-order valence-corrected chi connectivity index (χ2v) is 7.63. The summed E-state index contributed by atoms with van der Waals surface area (Å²) in [5, 5.41) is 2.90. The molecule has 30 heavy (non-hydrogen) atoms.